The van der Waals surface area contributed by atoms with Crippen molar-refractivity contribution >= 4 is 27.2 Å². The molecule has 0 unspecified atom stereocenters. The van der Waals surface area contributed by atoms with E-state index in [0.717, 1.165) is 24.1 Å². The van der Waals surface area contributed by atoms with Crippen LogP contribution in [-0.2, 0) is 15.8 Å². The van der Waals surface area contributed by atoms with Gasteiger partial charge in [0.25, 0.3) is 0 Å². The number of sulfonamides is 1. The van der Waals surface area contributed by atoms with Gasteiger partial charge in [-0.05, 0) is 32.6 Å². The maximum atomic E-state index is 12.3. The number of thiocarbonyl (C=S) groups is 1. The van der Waals surface area contributed by atoms with Crippen LogP contribution in [-0.4, -0.2) is 56.8 Å². The van der Waals surface area contributed by atoms with E-state index in [1.807, 2.05) is 19.0 Å². The van der Waals surface area contributed by atoms with Gasteiger partial charge in [-0.15, -0.1) is 0 Å². The van der Waals surface area contributed by atoms with E-state index in [9.17, 15) is 8.42 Å². The molecule has 0 aromatic heterocycles. The molecule has 0 aliphatic rings. The molecule has 0 bridgehead atoms. The average Bonchev–Trinajstić information content (AvgIpc) is 2.38. The van der Waals surface area contributed by atoms with Gasteiger partial charge < -0.3 is 10.6 Å². The molecule has 0 atom stereocenters. The highest BCUT2D eigenvalue weighted by atomic mass is 32.2. The van der Waals surface area contributed by atoms with Crippen molar-refractivity contribution in [2.24, 2.45) is 5.73 Å². The molecular formula is C14H23N3O2S2. The van der Waals surface area contributed by atoms with E-state index in [0.29, 0.717) is 11.5 Å². The van der Waals surface area contributed by atoms with Crippen molar-refractivity contribution in [1.82, 2.24) is 9.21 Å². The fourth-order valence-electron chi connectivity index (χ4n) is 1.83. The highest BCUT2D eigenvalue weighted by molar-refractivity contribution is 7.88. The van der Waals surface area contributed by atoms with Gasteiger partial charge >= 0.3 is 0 Å². The lowest BCUT2D eigenvalue weighted by Crippen LogP contribution is -2.30. The molecule has 0 saturated heterocycles. The van der Waals surface area contributed by atoms with Crippen molar-refractivity contribution in [1.29, 1.82) is 0 Å². The second kappa shape index (κ2) is 7.84. The molecule has 0 radical (unpaired) electrons. The molecule has 0 fully saturated rings. The molecular weight excluding hydrogens is 306 g/mol. The fraction of sp³-hybridized carbons (Fsp3) is 0.500. The summed E-state index contributed by atoms with van der Waals surface area (Å²) in [5.41, 5.74) is 6.99. The van der Waals surface area contributed by atoms with Gasteiger partial charge in [-0.1, -0.05) is 36.5 Å². The Labute approximate surface area is 132 Å². The smallest absolute Gasteiger partial charge is 0.218 e. The summed E-state index contributed by atoms with van der Waals surface area (Å²) in [5, 5.41) is 0. The van der Waals surface area contributed by atoms with E-state index in [1.54, 1.807) is 31.3 Å². The number of nitrogens with two attached hydrogens (primary N) is 1. The molecule has 0 amide bonds. The highest BCUT2D eigenvalue weighted by Gasteiger charge is 2.18. The maximum Gasteiger partial charge on any atom is 0.218 e. The summed E-state index contributed by atoms with van der Waals surface area (Å²) in [6.07, 6.45) is 0.809. The van der Waals surface area contributed by atoms with Gasteiger partial charge in [0.2, 0.25) is 10.0 Å². The van der Waals surface area contributed by atoms with Gasteiger partial charge in [0.15, 0.2) is 0 Å². The van der Waals surface area contributed by atoms with E-state index < -0.39 is 10.0 Å². The summed E-state index contributed by atoms with van der Waals surface area (Å²) in [4.78, 5) is 2.35. The van der Waals surface area contributed by atoms with Crippen LogP contribution in [0.25, 0.3) is 0 Å². The van der Waals surface area contributed by atoms with Crippen LogP contribution in [0.3, 0.4) is 0 Å². The average molecular weight is 329 g/mol. The Hall–Kier alpha value is -1.02. The fourth-order valence-corrected chi connectivity index (χ4v) is 3.21. The third kappa shape index (κ3) is 6.09. The molecule has 0 saturated carbocycles. The molecule has 0 spiro atoms. The zero-order valence-electron chi connectivity index (χ0n) is 12.7. The van der Waals surface area contributed by atoms with E-state index in [2.05, 4.69) is 0 Å². The minimum Gasteiger partial charge on any atom is -0.389 e. The van der Waals surface area contributed by atoms with Gasteiger partial charge in [0.05, 0.1) is 5.75 Å². The van der Waals surface area contributed by atoms with E-state index in [4.69, 9.17) is 18.0 Å². The van der Waals surface area contributed by atoms with Crippen LogP contribution in [0.1, 0.15) is 17.5 Å². The summed E-state index contributed by atoms with van der Waals surface area (Å²) >= 11 is 4.87. The first-order valence-electron chi connectivity index (χ1n) is 6.70. The first-order valence-corrected chi connectivity index (χ1v) is 8.71. The topological polar surface area (TPSA) is 66.6 Å². The molecule has 118 valence electrons. The Morgan fingerprint density at radius 1 is 1.14 bits per heavy atom. The Morgan fingerprint density at radius 2 is 1.71 bits per heavy atom. The van der Waals surface area contributed by atoms with E-state index >= 15 is 0 Å². The minimum absolute atomic E-state index is 0.0108. The molecule has 0 aliphatic heterocycles. The van der Waals surface area contributed by atoms with Crippen molar-refractivity contribution in [3.8, 4) is 0 Å². The quantitative estimate of drug-likeness (QED) is 0.722. The van der Waals surface area contributed by atoms with Crippen molar-refractivity contribution in [2.75, 3.05) is 34.2 Å². The van der Waals surface area contributed by atoms with E-state index in [1.165, 1.54) is 4.31 Å². The molecule has 0 heterocycles. The zero-order chi connectivity index (χ0) is 16.0. The Bertz CT molecular complexity index is 568. The van der Waals surface area contributed by atoms with Crippen LogP contribution in [0.15, 0.2) is 24.3 Å². The number of hydrogen-bond acceptors (Lipinski definition) is 4. The van der Waals surface area contributed by atoms with Crippen molar-refractivity contribution < 1.29 is 8.42 Å². The van der Waals surface area contributed by atoms with Crippen LogP contribution in [0.4, 0.5) is 0 Å². The Balaban J connectivity index is 2.64. The van der Waals surface area contributed by atoms with Crippen LogP contribution < -0.4 is 5.73 Å². The SMILES string of the molecule is CN(C)CCCN(C)S(=O)(=O)Cc1ccc(C(N)=S)cc1. The van der Waals surface area contributed by atoms with Gasteiger partial charge in [-0.25, -0.2) is 12.7 Å². The molecule has 5 nitrogen and oxygen atoms in total. The lowest BCUT2D eigenvalue weighted by atomic mass is 10.1. The number of benzene rings is 1. The van der Waals surface area contributed by atoms with Crippen LogP contribution in [0.2, 0.25) is 0 Å². The van der Waals surface area contributed by atoms with Crippen LogP contribution >= 0.6 is 12.2 Å². The van der Waals surface area contributed by atoms with E-state index in [-0.39, 0.29) is 5.75 Å². The normalized spacial score (nSPS) is 12.0. The third-order valence-corrected chi connectivity index (χ3v) is 5.21. The summed E-state index contributed by atoms with van der Waals surface area (Å²) in [5.74, 6) is -0.0108. The number of hydrogen-bond donors (Lipinski definition) is 1. The molecule has 1 aromatic rings. The summed E-state index contributed by atoms with van der Waals surface area (Å²) < 4.78 is 25.9. The predicted molar refractivity (Wildman–Crippen MR) is 90.8 cm³/mol. The molecule has 0 aliphatic carbocycles. The summed E-state index contributed by atoms with van der Waals surface area (Å²) in [6.45, 7) is 1.38. The monoisotopic (exact) mass is 329 g/mol. The molecule has 7 heteroatoms. The Kier molecular flexibility index (Phi) is 6.73. The number of rotatable bonds is 8. The molecule has 1 rings (SSSR count). The van der Waals surface area contributed by atoms with Crippen LogP contribution in [0, 0.1) is 0 Å². The second-order valence-corrected chi connectivity index (χ2v) is 7.81. The predicted octanol–water partition coefficient (Wildman–Crippen LogP) is 1.03. The highest BCUT2D eigenvalue weighted by Crippen LogP contribution is 2.11. The van der Waals surface area contributed by atoms with Gasteiger partial charge in [-0.3, -0.25) is 0 Å². The third-order valence-electron chi connectivity index (χ3n) is 3.14. The zero-order valence-corrected chi connectivity index (χ0v) is 14.4. The van der Waals surface area contributed by atoms with Crippen molar-refractivity contribution in [2.45, 2.75) is 12.2 Å². The van der Waals surface area contributed by atoms with Crippen molar-refractivity contribution in [3.05, 3.63) is 35.4 Å². The van der Waals surface area contributed by atoms with Gasteiger partial charge in [0.1, 0.15) is 4.99 Å². The standard InChI is InChI=1S/C14H23N3O2S2/c1-16(2)9-4-10-17(3)21(18,19)11-12-5-7-13(8-6-12)14(15)20/h5-8H,4,9-11H2,1-3H3,(H2,15,20). The largest absolute Gasteiger partial charge is 0.389 e. The lowest BCUT2D eigenvalue weighted by Gasteiger charge is -2.18. The molecule has 2 N–H and O–H groups in total. The number of nitrogens with zero attached hydrogens (tertiary/aromatic N) is 2. The summed E-state index contributed by atoms with van der Waals surface area (Å²) in [7, 11) is 2.27. The molecule has 1 aromatic carbocycles. The minimum atomic E-state index is -3.29. The van der Waals surface area contributed by atoms with Crippen molar-refractivity contribution in [3.63, 3.8) is 0 Å². The second-order valence-electron chi connectivity index (χ2n) is 5.30. The first kappa shape index (κ1) is 18.0. The first-order chi connectivity index (χ1) is 9.72. The molecule has 21 heavy (non-hydrogen) atoms. The summed E-state index contributed by atoms with van der Waals surface area (Å²) in [6, 6.07) is 7.00. The van der Waals surface area contributed by atoms with Gasteiger partial charge in [0, 0.05) is 19.2 Å². The van der Waals surface area contributed by atoms with Gasteiger partial charge in [-0.2, -0.15) is 0 Å². The lowest BCUT2D eigenvalue weighted by molar-refractivity contribution is 0.370. The van der Waals surface area contributed by atoms with Crippen LogP contribution in [0.5, 0.6) is 0 Å². The Morgan fingerprint density at radius 3 is 2.19 bits per heavy atom. The maximum absolute atomic E-state index is 12.3.